The molecule has 0 fully saturated rings. The lowest BCUT2D eigenvalue weighted by molar-refractivity contribution is -0.120. The highest BCUT2D eigenvalue weighted by Crippen LogP contribution is 1.96. The van der Waals surface area contributed by atoms with E-state index in [9.17, 15) is 4.79 Å². The van der Waals surface area contributed by atoms with Crippen molar-refractivity contribution in [3.05, 3.63) is 11.6 Å². The third-order valence-corrected chi connectivity index (χ3v) is 2.57. The second-order valence-electron chi connectivity index (χ2n) is 4.00. The van der Waals surface area contributed by atoms with E-state index < -0.39 is 0 Å². The molecule has 0 aliphatic carbocycles. The van der Waals surface area contributed by atoms with Crippen molar-refractivity contribution in [3.8, 4) is 0 Å². The van der Waals surface area contributed by atoms with Gasteiger partial charge in [-0.1, -0.05) is 6.92 Å². The molecule has 0 radical (unpaired) electrons. The number of hydrogen-bond donors (Lipinski definition) is 2. The summed E-state index contributed by atoms with van der Waals surface area (Å²) in [4.78, 5) is 11.3. The molecule has 2 N–H and O–H groups in total. The van der Waals surface area contributed by atoms with Gasteiger partial charge in [0, 0.05) is 26.6 Å². The zero-order chi connectivity index (χ0) is 12.7. The molecule has 0 bridgehead atoms. The summed E-state index contributed by atoms with van der Waals surface area (Å²) >= 11 is 0. The average molecular weight is 239 g/mol. The molecule has 6 heteroatoms. The maximum atomic E-state index is 11.3. The van der Waals surface area contributed by atoms with Crippen LogP contribution in [0.4, 0.5) is 0 Å². The second kappa shape index (κ2) is 7.01. The lowest BCUT2D eigenvalue weighted by Gasteiger charge is -2.05. The Hall–Kier alpha value is -1.43. The Kier molecular flexibility index (Phi) is 5.62. The van der Waals surface area contributed by atoms with E-state index in [1.807, 2.05) is 25.5 Å². The fourth-order valence-corrected chi connectivity index (χ4v) is 1.36. The maximum absolute atomic E-state index is 11.3. The van der Waals surface area contributed by atoms with E-state index in [4.69, 9.17) is 0 Å². The van der Waals surface area contributed by atoms with E-state index in [1.165, 1.54) is 0 Å². The molecule has 6 nitrogen and oxygen atoms in total. The number of nitrogens with one attached hydrogen (secondary N) is 2. The van der Waals surface area contributed by atoms with Crippen molar-refractivity contribution in [1.29, 1.82) is 0 Å². The molecule has 1 heterocycles. The van der Waals surface area contributed by atoms with Gasteiger partial charge in [-0.15, -0.1) is 10.2 Å². The minimum absolute atomic E-state index is 0.0912. The second-order valence-corrected chi connectivity index (χ2v) is 4.00. The molecule has 0 aromatic carbocycles. The van der Waals surface area contributed by atoms with Crippen LogP contribution in [0.1, 0.15) is 31.4 Å². The quantitative estimate of drug-likeness (QED) is 0.663. The lowest BCUT2D eigenvalue weighted by Crippen LogP contribution is -2.28. The number of hydrogen-bond acceptors (Lipinski definition) is 4. The molecule has 0 aliphatic heterocycles. The van der Waals surface area contributed by atoms with Crippen molar-refractivity contribution in [2.24, 2.45) is 7.05 Å². The SMILES string of the molecule is CCCNC(=O)CCNCc1nnc(C)n1C. The summed E-state index contributed by atoms with van der Waals surface area (Å²) in [6.45, 7) is 5.99. The first-order chi connectivity index (χ1) is 8.15. The smallest absolute Gasteiger partial charge is 0.221 e. The van der Waals surface area contributed by atoms with E-state index in [1.54, 1.807) is 0 Å². The molecular formula is C11H21N5O. The van der Waals surface area contributed by atoms with E-state index in [0.29, 0.717) is 19.5 Å². The van der Waals surface area contributed by atoms with E-state index in [0.717, 1.165) is 24.6 Å². The van der Waals surface area contributed by atoms with Crippen LogP contribution in [0, 0.1) is 6.92 Å². The van der Waals surface area contributed by atoms with Gasteiger partial charge < -0.3 is 15.2 Å². The number of amides is 1. The Morgan fingerprint density at radius 3 is 2.71 bits per heavy atom. The van der Waals surface area contributed by atoms with Crippen LogP contribution in [-0.4, -0.2) is 33.8 Å². The van der Waals surface area contributed by atoms with Gasteiger partial charge in [0.15, 0.2) is 0 Å². The molecule has 1 rings (SSSR count). The molecule has 1 amide bonds. The van der Waals surface area contributed by atoms with Gasteiger partial charge in [0.05, 0.1) is 6.54 Å². The molecule has 0 spiro atoms. The zero-order valence-corrected chi connectivity index (χ0v) is 10.8. The summed E-state index contributed by atoms with van der Waals surface area (Å²) in [6.07, 6.45) is 1.47. The van der Waals surface area contributed by atoms with Crippen LogP contribution in [0.25, 0.3) is 0 Å². The van der Waals surface area contributed by atoms with Crippen molar-refractivity contribution in [3.63, 3.8) is 0 Å². The highest BCUT2D eigenvalue weighted by atomic mass is 16.1. The molecule has 17 heavy (non-hydrogen) atoms. The number of aryl methyl sites for hydroxylation is 1. The number of aromatic nitrogens is 3. The summed E-state index contributed by atoms with van der Waals surface area (Å²) in [6, 6.07) is 0. The summed E-state index contributed by atoms with van der Waals surface area (Å²) in [5, 5.41) is 14.0. The molecule has 0 saturated carbocycles. The Labute approximate surface area is 102 Å². The topological polar surface area (TPSA) is 71.8 Å². The van der Waals surface area contributed by atoms with Gasteiger partial charge in [-0.05, 0) is 13.3 Å². The first kappa shape index (κ1) is 13.6. The first-order valence-corrected chi connectivity index (χ1v) is 5.97. The monoisotopic (exact) mass is 239 g/mol. The molecule has 1 aromatic heterocycles. The fourth-order valence-electron chi connectivity index (χ4n) is 1.36. The van der Waals surface area contributed by atoms with Gasteiger partial charge in [-0.2, -0.15) is 0 Å². The van der Waals surface area contributed by atoms with Crippen LogP contribution >= 0.6 is 0 Å². The van der Waals surface area contributed by atoms with E-state index >= 15 is 0 Å². The summed E-state index contributed by atoms with van der Waals surface area (Å²) in [7, 11) is 1.93. The number of carbonyl (C=O) groups excluding carboxylic acids is 1. The fraction of sp³-hybridized carbons (Fsp3) is 0.727. The predicted octanol–water partition coefficient (Wildman–Crippen LogP) is 0.129. The average Bonchev–Trinajstić information content (AvgIpc) is 2.63. The molecule has 1 aromatic rings. The van der Waals surface area contributed by atoms with Gasteiger partial charge in [0.25, 0.3) is 0 Å². The lowest BCUT2D eigenvalue weighted by atomic mass is 10.3. The third-order valence-electron chi connectivity index (χ3n) is 2.57. The van der Waals surface area contributed by atoms with Crippen LogP contribution in [0.2, 0.25) is 0 Å². The van der Waals surface area contributed by atoms with Crippen LogP contribution in [0.15, 0.2) is 0 Å². The molecule has 0 saturated heterocycles. The standard InChI is InChI=1S/C11H21N5O/c1-4-6-13-11(17)5-7-12-8-10-15-14-9(2)16(10)3/h12H,4-8H2,1-3H3,(H,13,17). The molecular weight excluding hydrogens is 218 g/mol. The van der Waals surface area contributed by atoms with Crippen LogP contribution in [0.3, 0.4) is 0 Å². The highest BCUT2D eigenvalue weighted by molar-refractivity contribution is 5.75. The minimum Gasteiger partial charge on any atom is -0.356 e. The van der Waals surface area contributed by atoms with Crippen molar-refractivity contribution >= 4 is 5.91 Å². The maximum Gasteiger partial charge on any atom is 0.221 e. The van der Waals surface area contributed by atoms with Crippen LogP contribution in [-0.2, 0) is 18.4 Å². The summed E-state index contributed by atoms with van der Waals surface area (Å²) in [5.41, 5.74) is 0. The van der Waals surface area contributed by atoms with E-state index in [2.05, 4.69) is 20.8 Å². The zero-order valence-electron chi connectivity index (χ0n) is 10.8. The van der Waals surface area contributed by atoms with E-state index in [-0.39, 0.29) is 5.91 Å². The highest BCUT2D eigenvalue weighted by Gasteiger charge is 2.04. The van der Waals surface area contributed by atoms with Crippen molar-refractivity contribution in [2.45, 2.75) is 33.2 Å². The number of rotatable bonds is 7. The van der Waals surface area contributed by atoms with Crippen molar-refractivity contribution in [1.82, 2.24) is 25.4 Å². The molecule has 0 unspecified atom stereocenters. The van der Waals surface area contributed by atoms with Gasteiger partial charge in [-0.25, -0.2) is 0 Å². The molecule has 96 valence electrons. The number of carbonyl (C=O) groups is 1. The summed E-state index contributed by atoms with van der Waals surface area (Å²) < 4.78 is 1.93. The van der Waals surface area contributed by atoms with Gasteiger partial charge in [0.2, 0.25) is 5.91 Å². The summed E-state index contributed by atoms with van der Waals surface area (Å²) in [5.74, 6) is 1.87. The van der Waals surface area contributed by atoms with Gasteiger partial charge >= 0.3 is 0 Å². The number of nitrogens with zero attached hydrogens (tertiary/aromatic N) is 3. The Balaban J connectivity index is 2.16. The van der Waals surface area contributed by atoms with Crippen molar-refractivity contribution < 1.29 is 4.79 Å². The largest absolute Gasteiger partial charge is 0.356 e. The Bertz CT molecular complexity index is 361. The Morgan fingerprint density at radius 2 is 2.12 bits per heavy atom. The predicted molar refractivity (Wildman–Crippen MR) is 65.4 cm³/mol. The third kappa shape index (κ3) is 4.52. The van der Waals surface area contributed by atoms with Crippen molar-refractivity contribution in [2.75, 3.05) is 13.1 Å². The van der Waals surface area contributed by atoms with Gasteiger partial charge in [-0.3, -0.25) is 4.79 Å². The Morgan fingerprint density at radius 1 is 1.35 bits per heavy atom. The van der Waals surface area contributed by atoms with Crippen LogP contribution < -0.4 is 10.6 Å². The normalized spacial score (nSPS) is 10.5. The molecule has 0 atom stereocenters. The molecule has 0 aliphatic rings. The first-order valence-electron chi connectivity index (χ1n) is 5.97. The minimum atomic E-state index is 0.0912. The van der Waals surface area contributed by atoms with Gasteiger partial charge in [0.1, 0.15) is 11.6 Å². The van der Waals surface area contributed by atoms with Crippen LogP contribution in [0.5, 0.6) is 0 Å².